The number of aromatic nitrogens is 4. The minimum atomic E-state index is 0.619. The Bertz CT molecular complexity index is 778. The van der Waals surface area contributed by atoms with Gasteiger partial charge in [-0.2, -0.15) is 8.75 Å². The van der Waals surface area contributed by atoms with Crippen LogP contribution in [0.5, 0.6) is 0 Å². The van der Waals surface area contributed by atoms with E-state index >= 15 is 0 Å². The lowest BCUT2D eigenvalue weighted by Crippen LogP contribution is -2.15. The highest BCUT2D eigenvalue weighted by molar-refractivity contribution is 7.00. The molecule has 0 unspecified atom stereocenters. The fraction of sp³-hybridized carbons (Fsp3) is 0.308. The normalized spacial score (nSPS) is 11.0. The van der Waals surface area contributed by atoms with Crippen LogP contribution in [0, 0.1) is 0 Å². The Hall–Kier alpha value is -1.86. The number of benzene rings is 1. The minimum Gasteiger partial charge on any atom is -0.376 e. The summed E-state index contributed by atoms with van der Waals surface area (Å²) >= 11 is 7.45. The van der Waals surface area contributed by atoms with Crippen LogP contribution in [0.1, 0.15) is 5.69 Å². The molecule has 21 heavy (non-hydrogen) atoms. The summed E-state index contributed by atoms with van der Waals surface area (Å²) in [6, 6.07) is 3.71. The lowest BCUT2D eigenvalue weighted by Gasteiger charge is -2.13. The second-order valence-corrected chi connectivity index (χ2v) is 5.85. The molecule has 3 rings (SSSR count). The number of anilines is 2. The van der Waals surface area contributed by atoms with E-state index in [2.05, 4.69) is 19.0 Å². The molecule has 1 N–H and O–H groups in total. The molecule has 0 atom stereocenters. The molecule has 0 bridgehead atoms. The third kappa shape index (κ3) is 2.54. The molecular formula is C13H15ClN6S. The highest BCUT2D eigenvalue weighted by atomic mass is 35.5. The van der Waals surface area contributed by atoms with E-state index in [-0.39, 0.29) is 0 Å². The zero-order chi connectivity index (χ0) is 15.0. The molecule has 8 heteroatoms. The molecule has 2 aromatic heterocycles. The Balaban J connectivity index is 1.87. The molecular weight excluding hydrogens is 308 g/mol. The maximum atomic E-state index is 6.27. The number of rotatable bonds is 4. The summed E-state index contributed by atoms with van der Waals surface area (Å²) in [6.45, 7) is 0.619. The van der Waals surface area contributed by atoms with Gasteiger partial charge in [0.05, 0.1) is 40.9 Å². The zero-order valence-corrected chi connectivity index (χ0v) is 13.5. The topological polar surface area (TPSA) is 58.9 Å². The van der Waals surface area contributed by atoms with E-state index in [0.717, 1.165) is 28.4 Å². The van der Waals surface area contributed by atoms with Gasteiger partial charge < -0.3 is 14.8 Å². The van der Waals surface area contributed by atoms with Crippen molar-refractivity contribution in [3.63, 3.8) is 0 Å². The predicted molar refractivity (Wildman–Crippen MR) is 87.3 cm³/mol. The van der Waals surface area contributed by atoms with E-state index in [1.165, 1.54) is 11.7 Å². The number of hydrogen-bond acceptors (Lipinski definition) is 6. The van der Waals surface area contributed by atoms with Gasteiger partial charge in [0, 0.05) is 21.1 Å². The molecule has 1 aromatic carbocycles. The Labute approximate surface area is 131 Å². The number of nitrogens with zero attached hydrogens (tertiary/aromatic N) is 5. The molecule has 0 radical (unpaired) electrons. The average Bonchev–Trinajstić information content (AvgIpc) is 3.04. The summed E-state index contributed by atoms with van der Waals surface area (Å²) in [7, 11) is 5.93. The second kappa shape index (κ2) is 5.50. The SMILES string of the molecule is CN(C)c1ncc(CNc2c(Cl)ccc3nsnc23)n1C. The van der Waals surface area contributed by atoms with E-state index < -0.39 is 0 Å². The predicted octanol–water partition coefficient (Wildman–Crippen LogP) is 2.76. The molecule has 0 spiro atoms. The van der Waals surface area contributed by atoms with Gasteiger partial charge in [0.2, 0.25) is 5.95 Å². The first-order chi connectivity index (χ1) is 10.1. The molecule has 0 aliphatic rings. The van der Waals surface area contributed by atoms with Crippen LogP contribution in [0.3, 0.4) is 0 Å². The fourth-order valence-electron chi connectivity index (χ4n) is 2.19. The number of halogens is 1. The summed E-state index contributed by atoms with van der Waals surface area (Å²) in [5.74, 6) is 0.909. The molecule has 3 aromatic rings. The maximum absolute atomic E-state index is 6.27. The molecule has 0 aliphatic carbocycles. The van der Waals surface area contributed by atoms with Gasteiger partial charge in [0.15, 0.2) is 0 Å². The van der Waals surface area contributed by atoms with Crippen LogP contribution >= 0.6 is 23.3 Å². The van der Waals surface area contributed by atoms with Crippen molar-refractivity contribution in [2.45, 2.75) is 6.54 Å². The van der Waals surface area contributed by atoms with Gasteiger partial charge in [-0.1, -0.05) is 11.6 Å². The van der Waals surface area contributed by atoms with Crippen molar-refractivity contribution in [2.24, 2.45) is 7.05 Å². The Morgan fingerprint density at radius 2 is 2.14 bits per heavy atom. The van der Waals surface area contributed by atoms with Crippen LogP contribution in [-0.4, -0.2) is 32.4 Å². The molecule has 0 saturated heterocycles. The molecule has 0 aliphatic heterocycles. The summed E-state index contributed by atoms with van der Waals surface area (Å²) in [4.78, 5) is 6.37. The average molecular weight is 323 g/mol. The molecule has 6 nitrogen and oxygen atoms in total. The van der Waals surface area contributed by atoms with Crippen molar-refractivity contribution >= 4 is 46.0 Å². The molecule has 0 amide bonds. The lowest BCUT2D eigenvalue weighted by molar-refractivity contribution is 0.814. The number of fused-ring (bicyclic) bond motifs is 1. The standard InChI is InChI=1S/C13H15ClN6S/c1-19(2)13-16-7-8(20(13)3)6-15-11-9(14)4-5-10-12(11)18-21-17-10/h4-5,7,15H,6H2,1-3H3. The van der Waals surface area contributed by atoms with Crippen LogP contribution in [0.4, 0.5) is 11.6 Å². The van der Waals surface area contributed by atoms with E-state index in [1.54, 1.807) is 0 Å². The minimum absolute atomic E-state index is 0.619. The maximum Gasteiger partial charge on any atom is 0.204 e. The fourth-order valence-corrected chi connectivity index (χ4v) is 2.95. The van der Waals surface area contributed by atoms with E-state index in [4.69, 9.17) is 11.6 Å². The van der Waals surface area contributed by atoms with Crippen molar-refractivity contribution < 1.29 is 0 Å². The highest BCUT2D eigenvalue weighted by Gasteiger charge is 2.12. The molecule has 2 heterocycles. The van der Waals surface area contributed by atoms with Crippen LogP contribution in [-0.2, 0) is 13.6 Å². The van der Waals surface area contributed by atoms with Crippen LogP contribution in [0.2, 0.25) is 5.02 Å². The Kier molecular flexibility index (Phi) is 3.69. The monoisotopic (exact) mass is 322 g/mol. The van der Waals surface area contributed by atoms with Gasteiger partial charge in [0.1, 0.15) is 11.0 Å². The van der Waals surface area contributed by atoms with Crippen LogP contribution in [0.25, 0.3) is 11.0 Å². The van der Waals surface area contributed by atoms with Crippen molar-refractivity contribution in [1.29, 1.82) is 0 Å². The first-order valence-corrected chi connectivity index (χ1v) is 7.51. The van der Waals surface area contributed by atoms with Crippen molar-refractivity contribution in [1.82, 2.24) is 18.3 Å². The van der Waals surface area contributed by atoms with Crippen molar-refractivity contribution in [3.8, 4) is 0 Å². The molecule has 0 saturated carbocycles. The van der Waals surface area contributed by atoms with Crippen LogP contribution < -0.4 is 10.2 Å². The largest absolute Gasteiger partial charge is 0.376 e. The summed E-state index contributed by atoms with van der Waals surface area (Å²) in [5.41, 5.74) is 3.54. The van der Waals surface area contributed by atoms with Crippen molar-refractivity contribution in [2.75, 3.05) is 24.3 Å². The van der Waals surface area contributed by atoms with E-state index in [0.29, 0.717) is 11.6 Å². The summed E-state index contributed by atoms with van der Waals surface area (Å²) in [5, 5.41) is 3.99. The van der Waals surface area contributed by atoms with Gasteiger partial charge in [-0.15, -0.1) is 0 Å². The molecule has 110 valence electrons. The van der Waals surface area contributed by atoms with Gasteiger partial charge in [0.25, 0.3) is 0 Å². The Morgan fingerprint density at radius 1 is 1.33 bits per heavy atom. The van der Waals surface area contributed by atoms with Crippen molar-refractivity contribution in [3.05, 3.63) is 29.0 Å². The van der Waals surface area contributed by atoms with Crippen LogP contribution in [0.15, 0.2) is 18.3 Å². The summed E-state index contributed by atoms with van der Waals surface area (Å²) in [6.07, 6.45) is 1.86. The third-order valence-electron chi connectivity index (χ3n) is 3.28. The van der Waals surface area contributed by atoms with E-state index in [1.807, 2.05) is 48.9 Å². The lowest BCUT2D eigenvalue weighted by atomic mass is 10.2. The number of nitrogens with one attached hydrogen (secondary N) is 1. The van der Waals surface area contributed by atoms with Gasteiger partial charge in [-0.3, -0.25) is 0 Å². The highest BCUT2D eigenvalue weighted by Crippen LogP contribution is 2.30. The zero-order valence-electron chi connectivity index (χ0n) is 12.0. The van der Waals surface area contributed by atoms with Gasteiger partial charge >= 0.3 is 0 Å². The first kappa shape index (κ1) is 14.1. The Morgan fingerprint density at radius 3 is 2.86 bits per heavy atom. The quantitative estimate of drug-likeness (QED) is 0.800. The summed E-state index contributed by atoms with van der Waals surface area (Å²) < 4.78 is 10.6. The number of hydrogen-bond donors (Lipinski definition) is 1. The number of imidazole rings is 1. The second-order valence-electron chi connectivity index (χ2n) is 4.91. The van der Waals surface area contributed by atoms with E-state index in [9.17, 15) is 0 Å². The van der Waals surface area contributed by atoms with Gasteiger partial charge in [-0.25, -0.2) is 4.98 Å². The third-order valence-corrected chi connectivity index (χ3v) is 4.14. The van der Waals surface area contributed by atoms with Gasteiger partial charge in [-0.05, 0) is 12.1 Å². The molecule has 0 fully saturated rings. The smallest absolute Gasteiger partial charge is 0.204 e. The first-order valence-electron chi connectivity index (χ1n) is 6.40.